The summed E-state index contributed by atoms with van der Waals surface area (Å²) in [5.74, 6) is 1.01. The van der Waals surface area contributed by atoms with Crippen LogP contribution in [0.25, 0.3) is 0 Å². The summed E-state index contributed by atoms with van der Waals surface area (Å²) in [5.41, 5.74) is 3.00. The molecule has 0 saturated heterocycles. The highest BCUT2D eigenvalue weighted by Crippen LogP contribution is 2.37. The number of aliphatic hydroxyl groups excluding tert-OH is 1. The maximum atomic E-state index is 10.1. The molecule has 3 rings (SSSR count). The number of aliphatic hydroxyl groups is 1. The Hall–Kier alpha value is -2.07. The normalized spacial score (nSPS) is 12.7. The van der Waals surface area contributed by atoms with Crippen LogP contribution in [0.1, 0.15) is 23.1 Å². The Kier molecular flexibility index (Phi) is 7.11. The zero-order chi connectivity index (χ0) is 19.0. The molecule has 2 nitrogen and oxygen atoms in total. The van der Waals surface area contributed by atoms with Crippen LogP contribution in [0.15, 0.2) is 91.0 Å². The van der Waals surface area contributed by atoms with Crippen LogP contribution in [-0.4, -0.2) is 29.8 Å². The molecule has 0 bridgehead atoms. The van der Waals surface area contributed by atoms with Crippen molar-refractivity contribution >= 4 is 11.8 Å². The summed E-state index contributed by atoms with van der Waals surface area (Å²) in [5, 5.41) is 13.9. The van der Waals surface area contributed by atoms with Crippen LogP contribution >= 0.6 is 11.8 Å². The second kappa shape index (κ2) is 9.75. The second-order valence-corrected chi connectivity index (χ2v) is 7.64. The third kappa shape index (κ3) is 4.44. The minimum atomic E-state index is -0.518. The van der Waals surface area contributed by atoms with Crippen molar-refractivity contribution in [3.8, 4) is 0 Å². The minimum absolute atomic E-state index is 0.00179. The zero-order valence-electron chi connectivity index (χ0n) is 15.7. The van der Waals surface area contributed by atoms with Crippen LogP contribution in [0.2, 0.25) is 0 Å². The van der Waals surface area contributed by atoms with E-state index in [-0.39, 0.29) is 12.6 Å². The molecule has 0 fully saturated rings. The fourth-order valence-corrected chi connectivity index (χ4v) is 4.11. The molecule has 3 aromatic carbocycles. The van der Waals surface area contributed by atoms with Gasteiger partial charge in [-0.25, -0.2) is 0 Å². The lowest BCUT2D eigenvalue weighted by atomic mass is 9.76. The minimum Gasteiger partial charge on any atom is -0.395 e. The lowest BCUT2D eigenvalue weighted by molar-refractivity contribution is 0.219. The number of hydrogen-bond acceptors (Lipinski definition) is 3. The van der Waals surface area contributed by atoms with Gasteiger partial charge in [0.1, 0.15) is 0 Å². The van der Waals surface area contributed by atoms with E-state index in [0.29, 0.717) is 0 Å². The Morgan fingerprint density at radius 1 is 0.778 bits per heavy atom. The summed E-state index contributed by atoms with van der Waals surface area (Å²) in [4.78, 5) is 0. The quantitative estimate of drug-likeness (QED) is 0.531. The van der Waals surface area contributed by atoms with Gasteiger partial charge < -0.3 is 5.11 Å². The predicted molar refractivity (Wildman–Crippen MR) is 116 cm³/mol. The highest BCUT2D eigenvalue weighted by Gasteiger charge is 2.37. The van der Waals surface area contributed by atoms with Crippen molar-refractivity contribution in [2.75, 3.05) is 18.6 Å². The van der Waals surface area contributed by atoms with Gasteiger partial charge in [-0.1, -0.05) is 91.0 Å². The molecule has 0 heterocycles. The van der Waals surface area contributed by atoms with E-state index in [2.05, 4.69) is 84.4 Å². The van der Waals surface area contributed by atoms with Gasteiger partial charge in [-0.05, 0) is 35.1 Å². The largest absolute Gasteiger partial charge is 0.395 e. The average molecular weight is 378 g/mol. The highest BCUT2D eigenvalue weighted by molar-refractivity contribution is 7.98. The smallest absolute Gasteiger partial charge is 0.0950 e. The molecule has 0 radical (unpaired) electrons. The van der Waals surface area contributed by atoms with Crippen LogP contribution in [-0.2, 0) is 5.54 Å². The van der Waals surface area contributed by atoms with E-state index in [1.165, 1.54) is 16.7 Å². The van der Waals surface area contributed by atoms with Gasteiger partial charge in [0.25, 0.3) is 0 Å². The zero-order valence-corrected chi connectivity index (χ0v) is 16.5. The number of hydrogen-bond donors (Lipinski definition) is 2. The number of nitrogens with one attached hydrogen (secondary N) is 1. The van der Waals surface area contributed by atoms with Crippen molar-refractivity contribution in [2.24, 2.45) is 0 Å². The third-order valence-electron chi connectivity index (χ3n) is 4.93. The first-order chi connectivity index (χ1) is 13.3. The molecule has 0 aliphatic carbocycles. The first-order valence-corrected chi connectivity index (χ1v) is 10.7. The van der Waals surface area contributed by atoms with E-state index in [4.69, 9.17) is 0 Å². The van der Waals surface area contributed by atoms with E-state index in [1.807, 2.05) is 30.0 Å². The van der Waals surface area contributed by atoms with Crippen molar-refractivity contribution in [2.45, 2.75) is 18.0 Å². The molecule has 3 heteroatoms. The molecule has 0 saturated carbocycles. The topological polar surface area (TPSA) is 32.3 Å². The maximum absolute atomic E-state index is 10.1. The Morgan fingerprint density at radius 3 is 1.52 bits per heavy atom. The molecule has 0 spiro atoms. The van der Waals surface area contributed by atoms with E-state index in [1.54, 1.807) is 0 Å². The van der Waals surface area contributed by atoms with Gasteiger partial charge in [-0.15, -0.1) is 0 Å². The first-order valence-electron chi connectivity index (χ1n) is 9.35. The summed E-state index contributed by atoms with van der Waals surface area (Å²) in [6.45, 7) is 0.106. The standard InChI is InChI=1S/C24H27NOS/c1-27-18-17-23(19-26)25-24(20-11-5-2-6-12-20,21-13-7-3-8-14-21)22-15-9-4-10-16-22/h2-16,23,25-26H,17-19H2,1H3/t23-/m0/s1. The monoisotopic (exact) mass is 377 g/mol. The average Bonchev–Trinajstić information content (AvgIpc) is 2.76. The third-order valence-corrected chi connectivity index (χ3v) is 5.58. The summed E-state index contributed by atoms with van der Waals surface area (Å²) < 4.78 is 0. The summed E-state index contributed by atoms with van der Waals surface area (Å²) in [6, 6.07) is 31.6. The Labute approximate surface area is 166 Å². The van der Waals surface area contributed by atoms with Crippen molar-refractivity contribution in [1.82, 2.24) is 5.32 Å². The second-order valence-electron chi connectivity index (χ2n) is 6.65. The van der Waals surface area contributed by atoms with Gasteiger partial charge in [-0.2, -0.15) is 11.8 Å². The molecular weight excluding hydrogens is 350 g/mol. The molecule has 0 aliphatic heterocycles. The highest BCUT2D eigenvalue weighted by atomic mass is 32.2. The first kappa shape index (κ1) is 19.7. The molecular formula is C24H27NOS. The van der Waals surface area contributed by atoms with Crippen molar-refractivity contribution in [3.05, 3.63) is 108 Å². The summed E-state index contributed by atoms with van der Waals surface area (Å²) in [6.07, 6.45) is 3.01. The molecule has 140 valence electrons. The van der Waals surface area contributed by atoms with E-state index >= 15 is 0 Å². The van der Waals surface area contributed by atoms with Crippen LogP contribution in [0.5, 0.6) is 0 Å². The Bertz CT molecular complexity index is 696. The Morgan fingerprint density at radius 2 is 1.19 bits per heavy atom. The fraction of sp³-hybridized carbons (Fsp3) is 0.250. The molecule has 0 aromatic heterocycles. The lowest BCUT2D eigenvalue weighted by Gasteiger charge is -2.40. The van der Waals surface area contributed by atoms with Crippen LogP contribution in [0.4, 0.5) is 0 Å². The molecule has 1 atom stereocenters. The SMILES string of the molecule is CSCC[C@@H](CO)NC(c1ccccc1)(c1ccccc1)c1ccccc1. The van der Waals surface area contributed by atoms with Gasteiger partial charge in [0.15, 0.2) is 0 Å². The number of benzene rings is 3. The van der Waals surface area contributed by atoms with Crippen molar-refractivity contribution in [3.63, 3.8) is 0 Å². The molecule has 27 heavy (non-hydrogen) atoms. The molecule has 2 N–H and O–H groups in total. The fourth-order valence-electron chi connectivity index (χ4n) is 3.59. The maximum Gasteiger partial charge on any atom is 0.0950 e. The van der Waals surface area contributed by atoms with Crippen LogP contribution in [0.3, 0.4) is 0 Å². The molecule has 0 aliphatic rings. The van der Waals surface area contributed by atoms with Crippen molar-refractivity contribution in [1.29, 1.82) is 0 Å². The van der Waals surface area contributed by atoms with Crippen LogP contribution < -0.4 is 5.32 Å². The van der Waals surface area contributed by atoms with E-state index in [9.17, 15) is 5.11 Å². The van der Waals surface area contributed by atoms with Gasteiger partial charge in [-0.3, -0.25) is 5.32 Å². The van der Waals surface area contributed by atoms with Gasteiger partial charge >= 0.3 is 0 Å². The van der Waals surface area contributed by atoms with Crippen LogP contribution in [0, 0.1) is 0 Å². The molecule has 3 aromatic rings. The molecule has 0 amide bonds. The van der Waals surface area contributed by atoms with Crippen molar-refractivity contribution < 1.29 is 5.11 Å². The van der Waals surface area contributed by atoms with Gasteiger partial charge in [0, 0.05) is 6.04 Å². The predicted octanol–water partition coefficient (Wildman–Crippen LogP) is 4.68. The molecule has 0 unspecified atom stereocenters. The summed E-state index contributed by atoms with van der Waals surface area (Å²) >= 11 is 1.81. The van der Waals surface area contributed by atoms with E-state index < -0.39 is 5.54 Å². The number of rotatable bonds is 9. The van der Waals surface area contributed by atoms with Gasteiger partial charge in [0.05, 0.1) is 12.1 Å². The van der Waals surface area contributed by atoms with Gasteiger partial charge in [0.2, 0.25) is 0 Å². The lowest BCUT2D eigenvalue weighted by Crippen LogP contribution is -2.51. The Balaban J connectivity index is 2.19. The summed E-state index contributed by atoms with van der Waals surface area (Å²) in [7, 11) is 0. The number of thioether (sulfide) groups is 1. The van der Waals surface area contributed by atoms with E-state index in [0.717, 1.165) is 12.2 Å².